The standard InChI is InChI=1S/C24H24ClF2NO/c25-19-4-2-18(3-5-19)23-9-16-7-17(10-23)12-24(11-16,14-23)22(29)28-13-15-1-6-20(26)21(27)8-15/h1-6,8,16-17H,7,9-14H2,(H,28,29). The van der Waals surface area contributed by atoms with E-state index in [-0.39, 0.29) is 23.3 Å². The Morgan fingerprint density at radius 3 is 2.34 bits per heavy atom. The normalized spacial score (nSPS) is 32.4. The van der Waals surface area contributed by atoms with Crippen molar-refractivity contribution in [3.8, 4) is 0 Å². The van der Waals surface area contributed by atoms with Crippen LogP contribution < -0.4 is 5.32 Å². The van der Waals surface area contributed by atoms with Gasteiger partial charge in [0.2, 0.25) is 5.91 Å². The third-order valence-electron chi connectivity index (χ3n) is 7.44. The van der Waals surface area contributed by atoms with Gasteiger partial charge in [-0.25, -0.2) is 8.78 Å². The van der Waals surface area contributed by atoms with Crippen LogP contribution in [-0.2, 0) is 16.8 Å². The third-order valence-corrected chi connectivity index (χ3v) is 7.69. The predicted molar refractivity (Wildman–Crippen MR) is 108 cm³/mol. The smallest absolute Gasteiger partial charge is 0.226 e. The quantitative estimate of drug-likeness (QED) is 0.674. The fraction of sp³-hybridized carbons (Fsp3) is 0.458. The Hall–Kier alpha value is -1.94. The molecule has 2 unspecified atom stereocenters. The summed E-state index contributed by atoms with van der Waals surface area (Å²) in [5, 5.41) is 3.77. The van der Waals surface area contributed by atoms with Crippen molar-refractivity contribution in [3.63, 3.8) is 0 Å². The van der Waals surface area contributed by atoms with Crippen LogP contribution in [0.25, 0.3) is 0 Å². The molecule has 2 aromatic rings. The van der Waals surface area contributed by atoms with Gasteiger partial charge in [0.25, 0.3) is 0 Å². The van der Waals surface area contributed by atoms with Gasteiger partial charge in [-0.3, -0.25) is 4.79 Å². The molecule has 1 amide bonds. The maximum Gasteiger partial charge on any atom is 0.226 e. The molecular weight excluding hydrogens is 392 g/mol. The molecule has 0 aromatic heterocycles. The van der Waals surface area contributed by atoms with Gasteiger partial charge in [0.05, 0.1) is 5.41 Å². The monoisotopic (exact) mass is 415 g/mol. The minimum Gasteiger partial charge on any atom is -0.352 e. The van der Waals surface area contributed by atoms with Crippen LogP contribution in [0.4, 0.5) is 8.78 Å². The Labute approximate surface area is 174 Å². The van der Waals surface area contributed by atoms with E-state index in [4.69, 9.17) is 11.6 Å². The van der Waals surface area contributed by atoms with Crippen LogP contribution in [0.15, 0.2) is 42.5 Å². The second-order valence-electron chi connectivity index (χ2n) is 9.46. The maximum atomic E-state index is 13.5. The highest BCUT2D eigenvalue weighted by molar-refractivity contribution is 6.30. The van der Waals surface area contributed by atoms with Crippen molar-refractivity contribution in [2.24, 2.45) is 17.3 Å². The highest BCUT2D eigenvalue weighted by atomic mass is 35.5. The number of nitrogens with one attached hydrogen (secondary N) is 1. The number of halogens is 3. The summed E-state index contributed by atoms with van der Waals surface area (Å²) in [6.07, 6.45) is 6.23. The van der Waals surface area contributed by atoms with Crippen molar-refractivity contribution in [1.29, 1.82) is 0 Å². The van der Waals surface area contributed by atoms with Crippen LogP contribution >= 0.6 is 11.6 Å². The first-order valence-corrected chi connectivity index (χ1v) is 10.7. The highest BCUT2D eigenvalue weighted by Gasteiger charge is 2.60. The van der Waals surface area contributed by atoms with Gasteiger partial charge in [-0.05, 0) is 91.2 Å². The van der Waals surface area contributed by atoms with E-state index in [0.29, 0.717) is 17.4 Å². The Morgan fingerprint density at radius 2 is 1.69 bits per heavy atom. The summed E-state index contributed by atoms with van der Waals surface area (Å²) in [5.74, 6) is -0.545. The number of hydrogen-bond acceptors (Lipinski definition) is 1. The molecule has 4 bridgehead atoms. The van der Waals surface area contributed by atoms with Crippen molar-refractivity contribution in [2.45, 2.75) is 50.5 Å². The Kier molecular flexibility index (Phi) is 4.47. The van der Waals surface area contributed by atoms with Crippen LogP contribution in [0.3, 0.4) is 0 Å². The fourth-order valence-corrected chi connectivity index (χ4v) is 6.81. The molecule has 0 heterocycles. The predicted octanol–water partition coefficient (Wildman–Crippen LogP) is 5.77. The van der Waals surface area contributed by atoms with Gasteiger partial charge in [0.1, 0.15) is 0 Å². The van der Waals surface area contributed by atoms with E-state index in [2.05, 4.69) is 17.4 Å². The van der Waals surface area contributed by atoms with Crippen molar-refractivity contribution in [3.05, 3.63) is 70.2 Å². The average Bonchev–Trinajstić information content (AvgIpc) is 2.68. The van der Waals surface area contributed by atoms with Crippen LogP contribution in [-0.4, -0.2) is 5.91 Å². The first-order valence-electron chi connectivity index (χ1n) is 10.4. The Morgan fingerprint density at radius 1 is 1.00 bits per heavy atom. The minimum atomic E-state index is -0.881. The summed E-state index contributed by atoms with van der Waals surface area (Å²) in [5.41, 5.74) is 1.57. The van der Waals surface area contributed by atoms with E-state index in [9.17, 15) is 13.6 Å². The maximum absolute atomic E-state index is 13.5. The number of amides is 1. The molecule has 0 radical (unpaired) electrons. The SMILES string of the molecule is O=C(NCc1ccc(F)c(F)c1)C12CC3CC(C1)CC(c1ccc(Cl)cc1)(C3)C2. The molecule has 0 aliphatic heterocycles. The zero-order chi connectivity index (χ0) is 20.2. The van der Waals surface area contributed by atoms with Gasteiger partial charge >= 0.3 is 0 Å². The summed E-state index contributed by atoms with van der Waals surface area (Å²) in [6, 6.07) is 11.9. The number of carbonyl (C=O) groups is 1. The number of rotatable bonds is 4. The molecule has 0 spiro atoms. The average molecular weight is 416 g/mol. The van der Waals surface area contributed by atoms with E-state index >= 15 is 0 Å². The van der Waals surface area contributed by atoms with E-state index in [1.807, 2.05) is 12.1 Å². The molecule has 152 valence electrons. The summed E-state index contributed by atoms with van der Waals surface area (Å²) in [6.45, 7) is 0.223. The zero-order valence-corrected chi connectivity index (χ0v) is 16.9. The van der Waals surface area contributed by atoms with Crippen molar-refractivity contribution in [1.82, 2.24) is 5.32 Å². The summed E-state index contributed by atoms with van der Waals surface area (Å²) < 4.78 is 26.6. The minimum absolute atomic E-state index is 0.0496. The van der Waals surface area contributed by atoms with Gasteiger partial charge in [0.15, 0.2) is 11.6 Å². The van der Waals surface area contributed by atoms with E-state index in [1.165, 1.54) is 18.1 Å². The van der Waals surface area contributed by atoms with E-state index in [0.717, 1.165) is 49.3 Å². The van der Waals surface area contributed by atoms with Crippen molar-refractivity contribution in [2.75, 3.05) is 0 Å². The van der Waals surface area contributed by atoms with Gasteiger partial charge in [0, 0.05) is 11.6 Å². The molecule has 1 N–H and O–H groups in total. The molecule has 2 aromatic carbocycles. The lowest BCUT2D eigenvalue weighted by molar-refractivity contribution is -0.149. The molecule has 4 aliphatic rings. The van der Waals surface area contributed by atoms with Crippen LogP contribution in [0.5, 0.6) is 0 Å². The lowest BCUT2D eigenvalue weighted by Crippen LogP contribution is -2.59. The van der Waals surface area contributed by atoms with Crippen LogP contribution in [0.1, 0.15) is 49.7 Å². The first kappa shape index (κ1) is 19.0. The second-order valence-corrected chi connectivity index (χ2v) is 9.90. The van der Waals surface area contributed by atoms with Crippen LogP contribution in [0.2, 0.25) is 5.02 Å². The highest BCUT2D eigenvalue weighted by Crippen LogP contribution is 2.65. The number of hydrogen-bond donors (Lipinski definition) is 1. The molecular formula is C24H24ClF2NO. The Bertz CT molecular complexity index is 944. The lowest BCUT2D eigenvalue weighted by atomic mass is 9.42. The Balaban J connectivity index is 1.38. The third kappa shape index (κ3) is 3.26. The van der Waals surface area contributed by atoms with Gasteiger partial charge in [-0.1, -0.05) is 29.8 Å². The van der Waals surface area contributed by atoms with Gasteiger partial charge in [-0.2, -0.15) is 0 Å². The molecule has 4 aliphatic carbocycles. The van der Waals surface area contributed by atoms with Gasteiger partial charge in [-0.15, -0.1) is 0 Å². The number of carbonyl (C=O) groups excluding carboxylic acids is 1. The second kappa shape index (κ2) is 6.80. The summed E-state index contributed by atoms with van der Waals surface area (Å²) in [7, 11) is 0. The number of benzene rings is 2. The summed E-state index contributed by atoms with van der Waals surface area (Å²) >= 11 is 6.10. The van der Waals surface area contributed by atoms with E-state index < -0.39 is 11.6 Å². The molecule has 6 rings (SSSR count). The molecule has 4 fully saturated rings. The molecule has 2 atom stereocenters. The topological polar surface area (TPSA) is 29.1 Å². The fourth-order valence-electron chi connectivity index (χ4n) is 6.69. The van der Waals surface area contributed by atoms with Gasteiger partial charge < -0.3 is 5.32 Å². The van der Waals surface area contributed by atoms with Crippen LogP contribution in [0, 0.1) is 28.9 Å². The zero-order valence-electron chi connectivity index (χ0n) is 16.2. The molecule has 2 nitrogen and oxygen atoms in total. The molecule has 5 heteroatoms. The largest absolute Gasteiger partial charge is 0.352 e. The van der Waals surface area contributed by atoms with Crippen molar-refractivity contribution < 1.29 is 13.6 Å². The van der Waals surface area contributed by atoms with Crippen molar-refractivity contribution >= 4 is 17.5 Å². The van der Waals surface area contributed by atoms with E-state index in [1.54, 1.807) is 0 Å². The molecule has 4 saturated carbocycles. The molecule has 29 heavy (non-hydrogen) atoms. The summed E-state index contributed by atoms with van der Waals surface area (Å²) in [4.78, 5) is 13.3. The lowest BCUT2D eigenvalue weighted by Gasteiger charge is -2.61. The molecule has 0 saturated heterocycles. The first-order chi connectivity index (χ1) is 13.9.